The van der Waals surface area contributed by atoms with E-state index in [4.69, 9.17) is 10.1 Å². The Hall–Kier alpha value is -1.53. The lowest BCUT2D eigenvalue weighted by Crippen LogP contribution is -2.22. The quantitative estimate of drug-likeness (QED) is 0.443. The molecule has 5 nitrogen and oxygen atoms in total. The zero-order chi connectivity index (χ0) is 17.9. The van der Waals surface area contributed by atoms with Crippen molar-refractivity contribution >= 4 is 24.8 Å². The van der Waals surface area contributed by atoms with Crippen LogP contribution in [0.5, 0.6) is 0 Å². The van der Waals surface area contributed by atoms with Crippen molar-refractivity contribution < 1.29 is 4.74 Å². The lowest BCUT2D eigenvalue weighted by Gasteiger charge is -2.22. The molecule has 25 heavy (non-hydrogen) atoms. The Kier molecular flexibility index (Phi) is 5.69. The minimum atomic E-state index is -1.06. The van der Waals surface area contributed by atoms with Crippen molar-refractivity contribution in [3.05, 3.63) is 24.3 Å². The Morgan fingerprint density at radius 1 is 1.24 bits per heavy atom. The number of rotatable bonds is 7. The maximum Gasteiger partial charge on any atom is 0.145 e. The van der Waals surface area contributed by atoms with Crippen molar-refractivity contribution in [1.29, 1.82) is 5.41 Å². The number of fused-ring (bicyclic) bond motifs is 1. The molecule has 0 aliphatic heterocycles. The van der Waals surface area contributed by atoms with Gasteiger partial charge in [-0.3, -0.25) is 0 Å². The van der Waals surface area contributed by atoms with E-state index in [1.54, 1.807) is 6.33 Å². The van der Waals surface area contributed by atoms with Gasteiger partial charge in [0.25, 0.3) is 0 Å². The summed E-state index contributed by atoms with van der Waals surface area (Å²) >= 11 is 0. The van der Waals surface area contributed by atoms with E-state index in [1.807, 2.05) is 16.8 Å². The highest BCUT2D eigenvalue weighted by Crippen LogP contribution is 2.28. The Morgan fingerprint density at radius 2 is 2.00 bits per heavy atom. The van der Waals surface area contributed by atoms with E-state index in [1.165, 1.54) is 25.3 Å². The maximum atomic E-state index is 8.63. The highest BCUT2D eigenvalue weighted by Gasteiger charge is 2.22. The molecule has 2 aromatic heterocycles. The Balaban J connectivity index is 1.72. The lowest BCUT2D eigenvalue weighted by atomic mass is 9.84. The van der Waals surface area contributed by atoms with Crippen LogP contribution in [-0.2, 0) is 11.5 Å². The van der Waals surface area contributed by atoms with Gasteiger partial charge in [-0.15, -0.1) is 0 Å². The minimum absolute atomic E-state index is 0.350. The van der Waals surface area contributed by atoms with Crippen molar-refractivity contribution in [2.75, 3.05) is 6.61 Å². The molecule has 0 radical (unpaired) electrons. The molecule has 1 saturated carbocycles. The maximum absolute atomic E-state index is 8.63. The van der Waals surface area contributed by atoms with Crippen molar-refractivity contribution in [3.63, 3.8) is 0 Å². The molecule has 0 amide bonds. The molecule has 1 aliphatic carbocycles. The van der Waals surface area contributed by atoms with Crippen molar-refractivity contribution in [2.24, 2.45) is 5.92 Å². The zero-order valence-corrected chi connectivity index (χ0v) is 16.7. The van der Waals surface area contributed by atoms with Gasteiger partial charge in [0.2, 0.25) is 0 Å². The summed E-state index contributed by atoms with van der Waals surface area (Å²) < 4.78 is 7.89. The van der Waals surface area contributed by atoms with Crippen LogP contribution in [0.1, 0.15) is 37.8 Å². The summed E-state index contributed by atoms with van der Waals surface area (Å²) in [5, 5.41) is 9.60. The van der Waals surface area contributed by atoms with Crippen LogP contribution in [0, 0.1) is 11.3 Å². The topological polar surface area (TPSA) is 63.8 Å². The molecule has 2 aromatic rings. The fraction of sp³-hybridized carbons (Fsp3) is 0.632. The molecule has 0 atom stereocenters. The van der Waals surface area contributed by atoms with Gasteiger partial charge < -0.3 is 14.7 Å². The second kappa shape index (κ2) is 7.79. The van der Waals surface area contributed by atoms with E-state index in [9.17, 15) is 0 Å². The second-order valence-electron chi connectivity index (χ2n) is 8.34. The van der Waals surface area contributed by atoms with Crippen LogP contribution in [0.3, 0.4) is 0 Å². The highest BCUT2D eigenvalue weighted by molar-refractivity contribution is 6.76. The third kappa shape index (κ3) is 4.55. The van der Waals surface area contributed by atoms with Crippen molar-refractivity contribution in [3.8, 4) is 0 Å². The number of aromatic nitrogens is 3. The van der Waals surface area contributed by atoms with Gasteiger partial charge in [-0.1, -0.05) is 38.9 Å². The normalized spacial score (nSPS) is 16.4. The van der Waals surface area contributed by atoms with Gasteiger partial charge in [0, 0.05) is 32.2 Å². The molecular formula is C19H30N4OSi. The molecule has 0 unspecified atom stereocenters. The van der Waals surface area contributed by atoms with Gasteiger partial charge in [-0.25, -0.2) is 9.97 Å². The highest BCUT2D eigenvalue weighted by atomic mass is 28.3. The number of hydrogen-bond acceptors (Lipinski definition) is 4. The van der Waals surface area contributed by atoms with Crippen LogP contribution >= 0.6 is 0 Å². The van der Waals surface area contributed by atoms with Crippen molar-refractivity contribution in [2.45, 2.75) is 64.5 Å². The molecule has 0 saturated heterocycles. The van der Waals surface area contributed by atoms with Crippen molar-refractivity contribution in [1.82, 2.24) is 14.5 Å². The average molecular weight is 359 g/mol. The van der Waals surface area contributed by atoms with Crippen LogP contribution in [0.4, 0.5) is 0 Å². The Morgan fingerprint density at radius 3 is 2.72 bits per heavy atom. The number of nitrogens with zero attached hydrogens (tertiary/aromatic N) is 3. The molecule has 6 heteroatoms. The summed E-state index contributed by atoms with van der Waals surface area (Å²) in [5.41, 5.74) is 2.36. The summed E-state index contributed by atoms with van der Waals surface area (Å²) in [7, 11) is -1.06. The number of hydrogen-bond donors (Lipinski definition) is 1. The van der Waals surface area contributed by atoms with E-state index in [0.29, 0.717) is 18.4 Å². The van der Waals surface area contributed by atoms with Crippen LogP contribution in [0.15, 0.2) is 18.6 Å². The Labute approximate surface area is 151 Å². The first-order valence-electron chi connectivity index (χ1n) is 9.42. The first kappa shape index (κ1) is 18.3. The lowest BCUT2D eigenvalue weighted by molar-refractivity contribution is 0.0899. The molecule has 1 N–H and O–H groups in total. The van der Waals surface area contributed by atoms with Gasteiger partial charge >= 0.3 is 0 Å². The summed E-state index contributed by atoms with van der Waals surface area (Å²) in [5.74, 6) is 0.350. The molecule has 2 heterocycles. The van der Waals surface area contributed by atoms with E-state index in [-0.39, 0.29) is 0 Å². The molecule has 136 valence electrons. The van der Waals surface area contributed by atoms with Gasteiger partial charge in [-0.05, 0) is 25.0 Å². The fourth-order valence-corrected chi connectivity index (χ4v) is 4.21. The largest absolute Gasteiger partial charge is 0.361 e. The predicted octanol–water partition coefficient (Wildman–Crippen LogP) is 4.69. The molecule has 0 bridgehead atoms. The van der Waals surface area contributed by atoms with Crippen LogP contribution < -0.4 is 0 Å². The standard InChI is InChI=1S/C19H30N4OSi/c1-25(2,3)12-11-24-14-23-10-9-16-18(21-13-22-19(16)23)17(20)15-7-5-4-6-8-15/h9-10,13,15,20H,4-8,11-12,14H2,1-3H3. The van der Waals surface area contributed by atoms with E-state index >= 15 is 0 Å². The third-order valence-corrected chi connectivity index (χ3v) is 6.76. The van der Waals surface area contributed by atoms with E-state index < -0.39 is 8.07 Å². The van der Waals surface area contributed by atoms with Gasteiger partial charge in [0.1, 0.15) is 18.7 Å². The summed E-state index contributed by atoms with van der Waals surface area (Å²) in [6, 6.07) is 3.20. The molecule has 0 aromatic carbocycles. The van der Waals surface area contributed by atoms with E-state index in [2.05, 4.69) is 29.6 Å². The third-order valence-electron chi connectivity index (χ3n) is 5.05. The first-order chi connectivity index (χ1) is 12.0. The molecule has 3 rings (SSSR count). The predicted molar refractivity (Wildman–Crippen MR) is 105 cm³/mol. The summed E-state index contributed by atoms with van der Waals surface area (Å²) in [4.78, 5) is 8.88. The van der Waals surface area contributed by atoms with Crippen LogP contribution in [-0.4, -0.2) is 34.9 Å². The van der Waals surface area contributed by atoms with Crippen LogP contribution in [0.2, 0.25) is 25.7 Å². The number of ether oxygens (including phenoxy) is 1. The molecule has 1 aliphatic rings. The van der Waals surface area contributed by atoms with Gasteiger partial charge in [0.15, 0.2) is 0 Å². The molecule has 0 spiro atoms. The summed E-state index contributed by atoms with van der Waals surface area (Å²) in [6.45, 7) is 8.39. The zero-order valence-electron chi connectivity index (χ0n) is 15.7. The molecular weight excluding hydrogens is 328 g/mol. The minimum Gasteiger partial charge on any atom is -0.361 e. The molecule has 1 fully saturated rings. The smallest absolute Gasteiger partial charge is 0.145 e. The number of nitrogens with one attached hydrogen (secondary N) is 1. The first-order valence-corrected chi connectivity index (χ1v) is 13.1. The SMILES string of the molecule is C[Si](C)(C)CCOCn1ccc2c(C(=N)C3CCCCC3)ncnc21. The second-order valence-corrected chi connectivity index (χ2v) is 14.0. The van der Waals surface area contributed by atoms with Gasteiger partial charge in [0.05, 0.1) is 11.4 Å². The fourth-order valence-electron chi connectivity index (χ4n) is 3.45. The van der Waals surface area contributed by atoms with Gasteiger partial charge in [-0.2, -0.15) is 0 Å². The Bertz CT molecular complexity index is 729. The van der Waals surface area contributed by atoms with Crippen LogP contribution in [0.25, 0.3) is 11.0 Å². The van der Waals surface area contributed by atoms with E-state index in [0.717, 1.165) is 36.2 Å². The average Bonchev–Trinajstić information content (AvgIpc) is 3.01. The summed E-state index contributed by atoms with van der Waals surface area (Å²) in [6.07, 6.45) is 9.59. The monoisotopic (exact) mass is 358 g/mol.